The smallest absolute Gasteiger partial charge is 0.317 e. The minimum Gasteiger partial charge on any atom is -0.396 e. The summed E-state index contributed by atoms with van der Waals surface area (Å²) in [5.74, 6) is 0.987. The van der Waals surface area contributed by atoms with Crippen molar-refractivity contribution in [1.29, 1.82) is 0 Å². The van der Waals surface area contributed by atoms with E-state index in [0.29, 0.717) is 25.7 Å². The lowest BCUT2D eigenvalue weighted by molar-refractivity contribution is 0.0651. The van der Waals surface area contributed by atoms with Crippen LogP contribution in [0.15, 0.2) is 12.1 Å². The number of aliphatic hydroxyl groups is 1. The van der Waals surface area contributed by atoms with Crippen LogP contribution in [0.2, 0.25) is 0 Å². The molecule has 6 rings (SSSR count). The molecule has 0 unspecified atom stereocenters. The molecule has 3 aliphatic rings. The van der Waals surface area contributed by atoms with E-state index in [9.17, 15) is 4.79 Å². The van der Waals surface area contributed by atoms with E-state index in [1.807, 2.05) is 67.5 Å². The van der Waals surface area contributed by atoms with Gasteiger partial charge in [0.05, 0.1) is 46.7 Å². The molecule has 2 amide bonds. The fraction of sp³-hybridized carbons (Fsp3) is 0.659. The van der Waals surface area contributed by atoms with E-state index in [1.165, 1.54) is 22.5 Å². The van der Waals surface area contributed by atoms with Crippen LogP contribution in [0.25, 0.3) is 0 Å². The second-order valence-corrected chi connectivity index (χ2v) is 13.6. The van der Waals surface area contributed by atoms with E-state index in [1.54, 1.807) is 7.05 Å². The molecule has 0 aliphatic carbocycles. The minimum absolute atomic E-state index is 0.0309. The molecule has 3 aliphatic heterocycles. The van der Waals surface area contributed by atoms with Crippen LogP contribution >= 0.6 is 0 Å². The third-order valence-electron chi connectivity index (χ3n) is 9.50. The van der Waals surface area contributed by atoms with Crippen molar-refractivity contribution in [2.24, 2.45) is 0 Å². The average molecular weight is 738 g/mol. The van der Waals surface area contributed by atoms with E-state index < -0.39 is 0 Å². The zero-order valence-electron chi connectivity index (χ0n) is 35.6. The van der Waals surface area contributed by atoms with Gasteiger partial charge in [0.1, 0.15) is 0 Å². The molecule has 1 saturated heterocycles. The summed E-state index contributed by atoms with van der Waals surface area (Å²) in [7, 11) is 9.90. The van der Waals surface area contributed by atoms with Gasteiger partial charge in [-0.1, -0.05) is 34.6 Å². The van der Waals surface area contributed by atoms with Gasteiger partial charge in [-0.25, -0.2) is 4.79 Å². The molecule has 12 nitrogen and oxygen atoms in total. The van der Waals surface area contributed by atoms with Gasteiger partial charge in [0, 0.05) is 91.5 Å². The standard InChI is InChI=1S/C24H35N7O2.C10H16N2.C3H8O.2C2H6/c1-16-21(28(3)4)14-22-19(26-16)6-5-10-30(22)23-18-15-29(24(32)25-2)11-7-20(18)31(27-23)17-8-12-33-13-9-17;1-7-6-10(12(4)5)9(3)11-8(7)2;1-2-3-4;2*1-2/h14,17H,5-13,15H2,1-4H3,(H,25,32);6H,1-5H3;4H,2-3H2,1H3;2*1-2H3. The lowest BCUT2D eigenvalue weighted by atomic mass is 10.0. The molecule has 0 bridgehead atoms. The van der Waals surface area contributed by atoms with Gasteiger partial charge in [-0.3, -0.25) is 14.6 Å². The Bertz CT molecular complexity index is 1560. The van der Waals surface area contributed by atoms with Crippen molar-refractivity contribution in [3.63, 3.8) is 0 Å². The predicted octanol–water partition coefficient (Wildman–Crippen LogP) is 7.30. The number of aliphatic hydroxyl groups excluding tert-OH is 1. The molecule has 0 atom stereocenters. The molecule has 0 aromatic carbocycles. The van der Waals surface area contributed by atoms with Gasteiger partial charge in [0.2, 0.25) is 0 Å². The summed E-state index contributed by atoms with van der Waals surface area (Å²) in [6.07, 6.45) is 5.68. The van der Waals surface area contributed by atoms with Gasteiger partial charge in [0.15, 0.2) is 5.82 Å². The van der Waals surface area contributed by atoms with Crippen molar-refractivity contribution in [1.82, 2.24) is 30.0 Å². The monoisotopic (exact) mass is 738 g/mol. The van der Waals surface area contributed by atoms with Crippen LogP contribution in [0.4, 0.5) is 27.7 Å². The Morgan fingerprint density at radius 2 is 1.49 bits per heavy atom. The molecule has 298 valence electrons. The topological polar surface area (TPSA) is 115 Å². The number of urea groups is 1. The first-order valence-electron chi connectivity index (χ1n) is 19.7. The first-order valence-corrected chi connectivity index (χ1v) is 19.7. The number of ether oxygens (including phenoxy) is 1. The van der Waals surface area contributed by atoms with Gasteiger partial charge < -0.3 is 34.8 Å². The summed E-state index contributed by atoms with van der Waals surface area (Å²) in [5, 5.41) is 15.9. The maximum absolute atomic E-state index is 12.5. The van der Waals surface area contributed by atoms with E-state index in [2.05, 4.69) is 69.8 Å². The van der Waals surface area contributed by atoms with E-state index in [0.717, 1.165) is 98.3 Å². The van der Waals surface area contributed by atoms with Gasteiger partial charge in [-0.2, -0.15) is 5.10 Å². The molecule has 0 radical (unpaired) electrons. The maximum atomic E-state index is 12.5. The number of rotatable bonds is 5. The molecule has 0 spiro atoms. The Balaban J connectivity index is 0.000000404. The number of nitrogens with zero attached hydrogens (tertiary/aromatic N) is 8. The first kappa shape index (κ1) is 45.3. The third-order valence-corrected chi connectivity index (χ3v) is 9.50. The molecule has 12 heteroatoms. The Kier molecular flexibility index (Phi) is 19.1. The van der Waals surface area contributed by atoms with Gasteiger partial charge in [0.25, 0.3) is 0 Å². The highest BCUT2D eigenvalue weighted by Crippen LogP contribution is 2.40. The van der Waals surface area contributed by atoms with Crippen molar-refractivity contribution in [3.8, 4) is 0 Å². The summed E-state index contributed by atoms with van der Waals surface area (Å²) >= 11 is 0. The van der Waals surface area contributed by atoms with Crippen LogP contribution < -0.4 is 20.0 Å². The minimum atomic E-state index is -0.0309. The van der Waals surface area contributed by atoms with Crippen molar-refractivity contribution in [3.05, 3.63) is 51.7 Å². The highest BCUT2D eigenvalue weighted by atomic mass is 16.5. The van der Waals surface area contributed by atoms with Crippen LogP contribution in [0.3, 0.4) is 0 Å². The number of carbonyl (C=O) groups excluding carboxylic acids is 1. The molecule has 6 heterocycles. The molecular formula is C41H71N9O3. The average Bonchev–Trinajstić information content (AvgIpc) is 3.56. The maximum Gasteiger partial charge on any atom is 0.317 e. The van der Waals surface area contributed by atoms with Crippen LogP contribution in [0, 0.1) is 27.7 Å². The number of pyridine rings is 2. The molecule has 2 N–H and O–H groups in total. The van der Waals surface area contributed by atoms with Crippen LogP contribution in [-0.4, -0.2) is 104 Å². The third kappa shape index (κ3) is 11.5. The molecule has 3 aromatic heterocycles. The quantitative estimate of drug-likeness (QED) is 0.279. The lowest BCUT2D eigenvalue weighted by Gasteiger charge is -2.33. The van der Waals surface area contributed by atoms with E-state index in [4.69, 9.17) is 19.9 Å². The highest BCUT2D eigenvalue weighted by molar-refractivity contribution is 5.76. The number of amides is 2. The Morgan fingerprint density at radius 3 is 2.06 bits per heavy atom. The molecule has 3 aromatic rings. The number of hydrogen-bond acceptors (Lipinski definition) is 9. The van der Waals surface area contributed by atoms with Crippen molar-refractivity contribution >= 4 is 28.9 Å². The van der Waals surface area contributed by atoms with Gasteiger partial charge in [-0.05, 0) is 77.5 Å². The summed E-state index contributed by atoms with van der Waals surface area (Å²) in [6, 6.07) is 4.76. The number of carbonyl (C=O) groups is 1. The fourth-order valence-electron chi connectivity index (χ4n) is 6.72. The number of aromatic nitrogens is 4. The lowest BCUT2D eigenvalue weighted by Crippen LogP contribution is -2.42. The van der Waals surface area contributed by atoms with Crippen molar-refractivity contribution < 1.29 is 14.6 Å². The number of anilines is 4. The van der Waals surface area contributed by atoms with Gasteiger partial charge >= 0.3 is 6.03 Å². The number of hydrogen-bond donors (Lipinski definition) is 2. The van der Waals surface area contributed by atoms with Crippen LogP contribution in [0.5, 0.6) is 0 Å². The Labute approximate surface area is 320 Å². The number of aryl methyl sites for hydroxylation is 5. The molecule has 1 fully saturated rings. The second-order valence-electron chi connectivity index (χ2n) is 13.6. The molecular weight excluding hydrogens is 667 g/mol. The summed E-state index contributed by atoms with van der Waals surface area (Å²) in [4.78, 5) is 30.3. The predicted molar refractivity (Wildman–Crippen MR) is 221 cm³/mol. The van der Waals surface area contributed by atoms with E-state index >= 15 is 0 Å². The van der Waals surface area contributed by atoms with E-state index in [-0.39, 0.29) is 6.03 Å². The normalized spacial score (nSPS) is 14.7. The second kappa shape index (κ2) is 22.3. The Hall–Kier alpha value is -3.90. The largest absolute Gasteiger partial charge is 0.396 e. The van der Waals surface area contributed by atoms with Crippen molar-refractivity contribution in [2.45, 2.75) is 113 Å². The Morgan fingerprint density at radius 1 is 0.906 bits per heavy atom. The fourth-order valence-corrected chi connectivity index (χ4v) is 6.72. The molecule has 0 saturated carbocycles. The molecule has 53 heavy (non-hydrogen) atoms. The SMILES string of the molecule is CC.CC.CCCO.CNC(=O)N1CCc2c(c(N3CCCc4nc(C)c(N(C)C)cc43)nn2C2CCOCC2)C1.Cc1cc(N(C)C)c(C)nc1C. The van der Waals surface area contributed by atoms with Crippen molar-refractivity contribution in [2.75, 3.05) is 82.8 Å². The highest BCUT2D eigenvalue weighted by Gasteiger charge is 2.34. The summed E-state index contributed by atoms with van der Waals surface area (Å²) < 4.78 is 7.88. The number of nitrogens with one attached hydrogen (secondary N) is 1. The summed E-state index contributed by atoms with van der Waals surface area (Å²) in [6.45, 7) is 22.3. The zero-order valence-corrected chi connectivity index (χ0v) is 35.6. The zero-order chi connectivity index (χ0) is 39.8. The van der Waals surface area contributed by atoms with Crippen LogP contribution in [0.1, 0.15) is 106 Å². The summed E-state index contributed by atoms with van der Waals surface area (Å²) in [5.41, 5.74) is 11.6. The number of fused-ring (bicyclic) bond motifs is 2. The van der Waals surface area contributed by atoms with Gasteiger partial charge in [-0.15, -0.1) is 0 Å². The van der Waals surface area contributed by atoms with Crippen LogP contribution in [-0.2, 0) is 24.1 Å². The first-order chi connectivity index (χ1) is 25.4.